The number of likely N-dealkylation sites (tertiary alicyclic amines) is 1. The van der Waals surface area contributed by atoms with Crippen LogP contribution >= 0.6 is 0 Å². The molecule has 1 aliphatic heterocycles. The van der Waals surface area contributed by atoms with Crippen molar-refractivity contribution in [2.24, 2.45) is 11.1 Å². The fourth-order valence-corrected chi connectivity index (χ4v) is 2.31. The highest BCUT2D eigenvalue weighted by molar-refractivity contribution is 5.59. The minimum absolute atomic E-state index is 0.453. The van der Waals surface area contributed by atoms with Gasteiger partial charge in [-0.1, -0.05) is 29.8 Å². The number of nitrogens with zero attached hydrogens (tertiary/aromatic N) is 2. The molecule has 0 spiro atoms. The SMILES string of the molecule is Cc1ccc(CN2CCC(C=NO)CC2)cc1. The number of hydrogen-bond acceptors (Lipinski definition) is 3. The van der Waals surface area contributed by atoms with Crippen LogP contribution in [0.3, 0.4) is 0 Å². The lowest BCUT2D eigenvalue weighted by Crippen LogP contribution is -2.33. The third-order valence-electron chi connectivity index (χ3n) is 3.44. The highest BCUT2D eigenvalue weighted by Gasteiger charge is 2.17. The van der Waals surface area contributed by atoms with Gasteiger partial charge in [-0.15, -0.1) is 5.16 Å². The second kappa shape index (κ2) is 5.82. The zero-order valence-corrected chi connectivity index (χ0v) is 10.3. The summed E-state index contributed by atoms with van der Waals surface area (Å²) >= 11 is 0. The fourth-order valence-electron chi connectivity index (χ4n) is 2.31. The van der Waals surface area contributed by atoms with Crippen LogP contribution in [-0.4, -0.2) is 29.4 Å². The second-order valence-corrected chi connectivity index (χ2v) is 4.86. The van der Waals surface area contributed by atoms with Crippen molar-refractivity contribution in [3.05, 3.63) is 35.4 Å². The van der Waals surface area contributed by atoms with Gasteiger partial charge < -0.3 is 5.21 Å². The molecular formula is C14H20N2O. The van der Waals surface area contributed by atoms with Crippen LogP contribution in [0.2, 0.25) is 0 Å². The van der Waals surface area contributed by atoms with E-state index in [1.54, 1.807) is 6.21 Å². The quantitative estimate of drug-likeness (QED) is 0.494. The lowest BCUT2D eigenvalue weighted by atomic mass is 9.98. The molecule has 0 atom stereocenters. The Morgan fingerprint density at radius 3 is 2.53 bits per heavy atom. The molecule has 0 aromatic heterocycles. The average Bonchev–Trinajstić information content (AvgIpc) is 2.35. The number of piperidine rings is 1. The van der Waals surface area contributed by atoms with Crippen LogP contribution in [-0.2, 0) is 6.54 Å². The molecule has 1 aromatic rings. The van der Waals surface area contributed by atoms with Crippen LogP contribution in [0, 0.1) is 12.8 Å². The maximum atomic E-state index is 8.50. The topological polar surface area (TPSA) is 35.8 Å². The standard InChI is InChI=1S/C14H20N2O/c1-12-2-4-14(5-3-12)11-16-8-6-13(7-9-16)10-15-17/h2-5,10,13,17H,6-9,11H2,1H3. The number of aryl methyl sites for hydroxylation is 1. The number of oxime groups is 1. The van der Waals surface area contributed by atoms with E-state index in [4.69, 9.17) is 5.21 Å². The Bertz CT molecular complexity index is 364. The average molecular weight is 232 g/mol. The third kappa shape index (κ3) is 3.56. The number of rotatable bonds is 3. The molecule has 2 rings (SSSR count). The minimum atomic E-state index is 0.453. The molecule has 0 saturated carbocycles. The fraction of sp³-hybridized carbons (Fsp3) is 0.500. The van der Waals surface area contributed by atoms with Crippen molar-refractivity contribution in [1.29, 1.82) is 0 Å². The highest BCUT2D eigenvalue weighted by Crippen LogP contribution is 2.17. The molecule has 3 nitrogen and oxygen atoms in total. The molecular weight excluding hydrogens is 212 g/mol. The summed E-state index contributed by atoms with van der Waals surface area (Å²) in [7, 11) is 0. The Balaban J connectivity index is 1.83. The number of benzene rings is 1. The van der Waals surface area contributed by atoms with Crippen molar-refractivity contribution in [3.8, 4) is 0 Å². The van der Waals surface area contributed by atoms with Crippen molar-refractivity contribution < 1.29 is 5.21 Å². The molecule has 1 N–H and O–H groups in total. The Hall–Kier alpha value is -1.35. The summed E-state index contributed by atoms with van der Waals surface area (Å²) in [6, 6.07) is 8.74. The van der Waals surface area contributed by atoms with Crippen molar-refractivity contribution in [2.45, 2.75) is 26.3 Å². The Kier molecular flexibility index (Phi) is 4.15. The molecule has 1 aromatic carbocycles. The molecule has 1 aliphatic rings. The van der Waals surface area contributed by atoms with Gasteiger partial charge in [0.05, 0.1) is 0 Å². The summed E-state index contributed by atoms with van der Waals surface area (Å²) in [5.74, 6) is 0.453. The Morgan fingerprint density at radius 2 is 1.94 bits per heavy atom. The largest absolute Gasteiger partial charge is 0.411 e. The van der Waals surface area contributed by atoms with E-state index < -0.39 is 0 Å². The first-order valence-corrected chi connectivity index (χ1v) is 6.23. The van der Waals surface area contributed by atoms with Gasteiger partial charge >= 0.3 is 0 Å². The first-order chi connectivity index (χ1) is 8.28. The van der Waals surface area contributed by atoms with Gasteiger partial charge in [-0.05, 0) is 44.3 Å². The van der Waals surface area contributed by atoms with E-state index in [1.807, 2.05) is 0 Å². The maximum Gasteiger partial charge on any atom is 0.0467 e. The van der Waals surface area contributed by atoms with Crippen LogP contribution in [0.5, 0.6) is 0 Å². The first kappa shape index (κ1) is 12.1. The number of hydrogen-bond donors (Lipinski definition) is 1. The monoisotopic (exact) mass is 232 g/mol. The molecule has 1 saturated heterocycles. The van der Waals surface area contributed by atoms with Crippen molar-refractivity contribution in [1.82, 2.24) is 4.90 Å². The van der Waals surface area contributed by atoms with Crippen LogP contribution in [0.1, 0.15) is 24.0 Å². The molecule has 1 fully saturated rings. The molecule has 0 bridgehead atoms. The van der Waals surface area contributed by atoms with Gasteiger partial charge in [-0.2, -0.15) is 0 Å². The van der Waals surface area contributed by atoms with Crippen molar-refractivity contribution in [3.63, 3.8) is 0 Å². The Labute approximate surface area is 103 Å². The second-order valence-electron chi connectivity index (χ2n) is 4.86. The van der Waals surface area contributed by atoms with Crippen LogP contribution in [0.25, 0.3) is 0 Å². The van der Waals surface area contributed by atoms with Crippen LogP contribution < -0.4 is 0 Å². The summed E-state index contributed by atoms with van der Waals surface area (Å²) in [4.78, 5) is 2.46. The van der Waals surface area contributed by atoms with E-state index in [2.05, 4.69) is 41.2 Å². The lowest BCUT2D eigenvalue weighted by molar-refractivity contribution is 0.201. The summed E-state index contributed by atoms with van der Waals surface area (Å²) < 4.78 is 0. The van der Waals surface area contributed by atoms with Gasteiger partial charge in [0, 0.05) is 12.8 Å². The van der Waals surface area contributed by atoms with E-state index in [9.17, 15) is 0 Å². The lowest BCUT2D eigenvalue weighted by Gasteiger charge is -2.30. The predicted octanol–water partition coefficient (Wildman–Crippen LogP) is 2.67. The normalized spacial score (nSPS) is 18.9. The van der Waals surface area contributed by atoms with Crippen molar-refractivity contribution in [2.75, 3.05) is 13.1 Å². The van der Waals surface area contributed by atoms with E-state index >= 15 is 0 Å². The smallest absolute Gasteiger partial charge is 0.0467 e. The molecule has 1 heterocycles. The van der Waals surface area contributed by atoms with Gasteiger partial charge in [0.2, 0.25) is 0 Å². The zero-order valence-electron chi connectivity index (χ0n) is 10.3. The summed E-state index contributed by atoms with van der Waals surface area (Å²) in [5, 5.41) is 11.6. The molecule has 0 unspecified atom stereocenters. The van der Waals surface area contributed by atoms with Crippen LogP contribution in [0.15, 0.2) is 29.4 Å². The molecule has 0 radical (unpaired) electrons. The minimum Gasteiger partial charge on any atom is -0.411 e. The summed E-state index contributed by atoms with van der Waals surface area (Å²) in [6.45, 7) is 5.32. The van der Waals surface area contributed by atoms with Gasteiger partial charge in [-0.25, -0.2) is 0 Å². The van der Waals surface area contributed by atoms with Gasteiger partial charge in [0.1, 0.15) is 0 Å². The molecule has 17 heavy (non-hydrogen) atoms. The van der Waals surface area contributed by atoms with Gasteiger partial charge in [0.15, 0.2) is 0 Å². The Morgan fingerprint density at radius 1 is 1.29 bits per heavy atom. The predicted molar refractivity (Wildman–Crippen MR) is 69.5 cm³/mol. The zero-order chi connectivity index (χ0) is 12.1. The first-order valence-electron chi connectivity index (χ1n) is 6.23. The maximum absolute atomic E-state index is 8.50. The van der Waals surface area contributed by atoms with Gasteiger partial charge in [0.25, 0.3) is 0 Å². The summed E-state index contributed by atoms with van der Waals surface area (Å²) in [6.07, 6.45) is 3.86. The van der Waals surface area contributed by atoms with Gasteiger partial charge in [-0.3, -0.25) is 4.90 Å². The van der Waals surface area contributed by atoms with E-state index in [1.165, 1.54) is 11.1 Å². The van der Waals surface area contributed by atoms with E-state index in [0.717, 1.165) is 32.5 Å². The molecule has 0 aliphatic carbocycles. The molecule has 0 amide bonds. The molecule has 92 valence electrons. The van der Waals surface area contributed by atoms with E-state index in [-0.39, 0.29) is 0 Å². The van der Waals surface area contributed by atoms with Crippen LogP contribution in [0.4, 0.5) is 0 Å². The summed E-state index contributed by atoms with van der Waals surface area (Å²) in [5.41, 5.74) is 2.69. The molecule has 3 heteroatoms. The van der Waals surface area contributed by atoms with Crippen molar-refractivity contribution >= 4 is 6.21 Å². The van der Waals surface area contributed by atoms with E-state index in [0.29, 0.717) is 5.92 Å². The highest BCUT2D eigenvalue weighted by atomic mass is 16.4. The third-order valence-corrected chi connectivity index (χ3v) is 3.44.